The Morgan fingerprint density at radius 1 is 0.800 bits per heavy atom. The summed E-state index contributed by atoms with van der Waals surface area (Å²) in [6.45, 7) is 2.25. The Hall–Kier alpha value is -0.840. The Balaban J connectivity index is 0.00000841. The number of carbonyl (C=O) groups excluding carboxylic acids is 2. The number of carboxylic acid groups (broad SMARTS) is 1. The molecule has 4 nitrogen and oxygen atoms in total. The third-order valence-electron chi connectivity index (χ3n) is 5.41. The summed E-state index contributed by atoms with van der Waals surface area (Å²) in [5, 5.41) is 13.9. The summed E-state index contributed by atoms with van der Waals surface area (Å²) in [6.07, 6.45) is 17.0. The predicted octanol–water partition coefficient (Wildman–Crippen LogP) is 1.95. The third kappa shape index (κ3) is 15.9. The average molecular weight is 426 g/mol. The molecule has 164 valence electrons. The molecule has 1 N–H and O–H groups in total. The van der Waals surface area contributed by atoms with Crippen LogP contribution in [0, 0.1) is 0 Å². The van der Waals surface area contributed by atoms with Crippen molar-refractivity contribution in [1.82, 2.24) is 5.32 Å². The van der Waals surface area contributed by atoms with E-state index in [0.717, 1.165) is 24.8 Å². The van der Waals surface area contributed by atoms with Crippen LogP contribution in [-0.4, -0.2) is 17.9 Å². The average Bonchev–Trinajstić information content (AvgIpc) is 2.71. The second-order valence-electron chi connectivity index (χ2n) is 8.12. The van der Waals surface area contributed by atoms with E-state index in [1.807, 2.05) is 30.3 Å². The summed E-state index contributed by atoms with van der Waals surface area (Å²) in [6, 6.07) is 8.34. The van der Waals surface area contributed by atoms with Crippen LogP contribution >= 0.6 is 0 Å². The maximum Gasteiger partial charge on any atom is 1.00 e. The maximum absolute atomic E-state index is 12.0. The van der Waals surface area contributed by atoms with Gasteiger partial charge in [-0.15, -0.1) is 0 Å². The van der Waals surface area contributed by atoms with Crippen LogP contribution in [0.4, 0.5) is 0 Å². The Morgan fingerprint density at radius 3 is 1.73 bits per heavy atom. The number of rotatable bonds is 18. The minimum Gasteiger partial charge on any atom is -0.548 e. The van der Waals surface area contributed by atoms with Gasteiger partial charge in [-0.25, -0.2) is 0 Å². The zero-order valence-electron chi connectivity index (χ0n) is 19.3. The van der Waals surface area contributed by atoms with Crippen molar-refractivity contribution in [2.45, 2.75) is 109 Å². The molecule has 0 fully saturated rings. The first-order valence-electron chi connectivity index (χ1n) is 11.7. The first-order chi connectivity index (χ1) is 14.1. The third-order valence-corrected chi connectivity index (χ3v) is 5.41. The molecule has 0 aliphatic rings. The molecule has 1 amide bonds. The van der Waals surface area contributed by atoms with Gasteiger partial charge in [0.1, 0.15) is 0 Å². The van der Waals surface area contributed by atoms with Gasteiger partial charge >= 0.3 is 29.6 Å². The van der Waals surface area contributed by atoms with Gasteiger partial charge in [-0.2, -0.15) is 0 Å². The van der Waals surface area contributed by atoms with Crippen molar-refractivity contribution in [2.75, 3.05) is 0 Å². The van der Waals surface area contributed by atoms with E-state index >= 15 is 0 Å². The normalized spacial score (nSPS) is 11.5. The van der Waals surface area contributed by atoms with Gasteiger partial charge in [-0.3, -0.25) is 4.79 Å². The summed E-state index contributed by atoms with van der Waals surface area (Å²) in [5.74, 6) is -1.43. The first-order valence-corrected chi connectivity index (χ1v) is 11.7. The molecule has 0 aliphatic carbocycles. The van der Waals surface area contributed by atoms with Gasteiger partial charge in [0.05, 0.1) is 12.0 Å². The number of benzene rings is 1. The Kier molecular flexibility index (Phi) is 19.5. The fraction of sp³-hybridized carbons (Fsp3) is 0.680. The Labute approximate surface area is 205 Å². The van der Waals surface area contributed by atoms with Gasteiger partial charge in [0.15, 0.2) is 0 Å². The molecule has 1 atom stereocenters. The second-order valence-corrected chi connectivity index (χ2v) is 8.12. The minimum atomic E-state index is -1.23. The van der Waals surface area contributed by atoms with Gasteiger partial charge in [0, 0.05) is 6.42 Å². The predicted molar refractivity (Wildman–Crippen MR) is 117 cm³/mol. The zero-order valence-corrected chi connectivity index (χ0v) is 21.3. The molecule has 1 aromatic carbocycles. The number of nitrogens with one attached hydrogen (secondary N) is 1. The molecule has 0 heterocycles. The number of aliphatic carboxylic acids is 1. The molecule has 5 heteroatoms. The van der Waals surface area contributed by atoms with Crippen molar-refractivity contribution < 1.29 is 44.3 Å². The molecule has 30 heavy (non-hydrogen) atoms. The molecule has 0 saturated heterocycles. The van der Waals surface area contributed by atoms with E-state index in [2.05, 4.69) is 12.2 Å². The van der Waals surface area contributed by atoms with Crippen molar-refractivity contribution in [1.29, 1.82) is 0 Å². The minimum absolute atomic E-state index is 0. The molecular formula is C25H40NNaO3. The molecule has 0 unspecified atom stereocenters. The van der Waals surface area contributed by atoms with Crippen molar-refractivity contribution in [3.8, 4) is 0 Å². The van der Waals surface area contributed by atoms with Crippen LogP contribution in [0.1, 0.15) is 102 Å². The molecule has 1 rings (SSSR count). The van der Waals surface area contributed by atoms with Crippen LogP contribution in [0.15, 0.2) is 30.3 Å². The van der Waals surface area contributed by atoms with Crippen LogP contribution < -0.4 is 40.0 Å². The molecule has 0 radical (unpaired) electrons. The van der Waals surface area contributed by atoms with Gasteiger partial charge in [0.25, 0.3) is 0 Å². The van der Waals surface area contributed by atoms with Gasteiger partial charge < -0.3 is 15.2 Å². The summed E-state index contributed by atoms with van der Waals surface area (Å²) in [4.78, 5) is 23.3. The standard InChI is InChI=1S/C25H41NO3.Na/c1-2-3-4-5-6-7-8-9-10-11-12-13-17-20-24(27)26-23(25(28)29)21-22-18-15-14-16-19-22;/h14-16,18-19,23H,2-13,17,20-21H2,1H3,(H,26,27)(H,28,29);/q;+1/p-1/t23-;/m0./s1. The summed E-state index contributed by atoms with van der Waals surface area (Å²) < 4.78 is 0. The summed E-state index contributed by atoms with van der Waals surface area (Å²) in [7, 11) is 0. The number of carbonyl (C=O) groups is 2. The molecule has 0 aliphatic heterocycles. The van der Waals surface area contributed by atoms with E-state index in [1.165, 1.54) is 64.2 Å². The smallest absolute Gasteiger partial charge is 0.548 e. The number of amides is 1. The fourth-order valence-electron chi connectivity index (χ4n) is 3.61. The summed E-state index contributed by atoms with van der Waals surface area (Å²) in [5.41, 5.74) is 0.878. The zero-order chi connectivity index (χ0) is 21.2. The van der Waals surface area contributed by atoms with Crippen molar-refractivity contribution >= 4 is 11.9 Å². The quantitative estimate of drug-likeness (QED) is 0.289. The monoisotopic (exact) mass is 425 g/mol. The van der Waals surface area contributed by atoms with Crippen LogP contribution in [0.3, 0.4) is 0 Å². The largest absolute Gasteiger partial charge is 1.00 e. The van der Waals surface area contributed by atoms with E-state index in [0.29, 0.717) is 6.42 Å². The molecule has 0 spiro atoms. The Morgan fingerprint density at radius 2 is 1.27 bits per heavy atom. The van der Waals surface area contributed by atoms with Crippen molar-refractivity contribution in [3.05, 3.63) is 35.9 Å². The van der Waals surface area contributed by atoms with E-state index in [9.17, 15) is 14.7 Å². The van der Waals surface area contributed by atoms with Gasteiger partial charge in [-0.05, 0) is 18.4 Å². The SMILES string of the molecule is CCCCCCCCCCCCCCCC(=O)N[C@@H](Cc1ccccc1)C(=O)[O-].[Na+]. The molecule has 1 aromatic rings. The van der Waals surface area contributed by atoms with Crippen LogP contribution in [0.25, 0.3) is 0 Å². The fourth-order valence-corrected chi connectivity index (χ4v) is 3.61. The number of hydrogen-bond acceptors (Lipinski definition) is 3. The topological polar surface area (TPSA) is 69.2 Å². The second kappa shape index (κ2) is 20.1. The van der Waals surface area contributed by atoms with Crippen LogP contribution in [-0.2, 0) is 16.0 Å². The van der Waals surface area contributed by atoms with E-state index < -0.39 is 12.0 Å². The maximum atomic E-state index is 12.0. The van der Waals surface area contributed by atoms with E-state index in [-0.39, 0.29) is 41.9 Å². The van der Waals surface area contributed by atoms with E-state index in [1.54, 1.807) is 0 Å². The number of unbranched alkanes of at least 4 members (excludes halogenated alkanes) is 12. The van der Waals surface area contributed by atoms with Gasteiger partial charge in [-0.1, -0.05) is 114 Å². The number of hydrogen-bond donors (Lipinski definition) is 1. The molecule has 0 bridgehead atoms. The Bertz CT molecular complexity index is 551. The van der Waals surface area contributed by atoms with E-state index in [4.69, 9.17) is 0 Å². The summed E-state index contributed by atoms with van der Waals surface area (Å²) >= 11 is 0. The van der Waals surface area contributed by atoms with Crippen molar-refractivity contribution in [3.63, 3.8) is 0 Å². The molecule has 0 saturated carbocycles. The number of carboxylic acids is 1. The van der Waals surface area contributed by atoms with Crippen molar-refractivity contribution in [2.24, 2.45) is 0 Å². The van der Waals surface area contributed by atoms with Crippen LogP contribution in [0.2, 0.25) is 0 Å². The van der Waals surface area contributed by atoms with Gasteiger partial charge in [0.2, 0.25) is 5.91 Å². The first kappa shape index (κ1) is 29.2. The molecule has 0 aromatic heterocycles. The molecular weight excluding hydrogens is 385 g/mol. The van der Waals surface area contributed by atoms with Crippen LogP contribution in [0.5, 0.6) is 0 Å².